The molecule has 0 bridgehead atoms. The second-order valence-electron chi connectivity index (χ2n) is 6.08. The highest BCUT2D eigenvalue weighted by Crippen LogP contribution is 2.32. The summed E-state index contributed by atoms with van der Waals surface area (Å²) in [6.07, 6.45) is 6.57. The molecule has 114 valence electrons. The van der Waals surface area contributed by atoms with E-state index in [0.29, 0.717) is 11.5 Å². The van der Waals surface area contributed by atoms with Crippen molar-refractivity contribution in [2.45, 2.75) is 44.6 Å². The molecule has 4 nitrogen and oxygen atoms in total. The van der Waals surface area contributed by atoms with Crippen molar-refractivity contribution in [1.82, 2.24) is 9.78 Å². The zero-order chi connectivity index (χ0) is 15.4. The maximum atomic E-state index is 8.82. The van der Waals surface area contributed by atoms with Crippen molar-refractivity contribution in [3.05, 3.63) is 47.2 Å². The van der Waals surface area contributed by atoms with E-state index in [2.05, 4.69) is 22.6 Å². The lowest BCUT2D eigenvalue weighted by molar-refractivity contribution is 0.433. The zero-order valence-corrected chi connectivity index (χ0v) is 13.0. The van der Waals surface area contributed by atoms with E-state index < -0.39 is 0 Å². The van der Waals surface area contributed by atoms with E-state index in [0.717, 1.165) is 12.4 Å². The topological polar surface area (TPSA) is 53.6 Å². The Bertz CT molecular complexity index is 657. The molecule has 1 fully saturated rings. The van der Waals surface area contributed by atoms with Gasteiger partial charge in [0, 0.05) is 25.6 Å². The molecule has 0 aliphatic heterocycles. The van der Waals surface area contributed by atoms with Crippen LogP contribution in [0.15, 0.2) is 30.3 Å². The van der Waals surface area contributed by atoms with Gasteiger partial charge in [-0.2, -0.15) is 10.4 Å². The number of nitriles is 1. The zero-order valence-electron chi connectivity index (χ0n) is 13.0. The molecule has 1 saturated carbocycles. The Kier molecular flexibility index (Phi) is 4.43. The SMILES string of the molecule is Cn1nc(C2CCCCC2)cc1NCc1ccc(C#N)cc1. The Hall–Kier alpha value is -2.28. The first-order valence-electron chi connectivity index (χ1n) is 8.03. The molecule has 1 N–H and O–H groups in total. The molecule has 1 aromatic carbocycles. The number of aromatic nitrogens is 2. The summed E-state index contributed by atoms with van der Waals surface area (Å²) in [6, 6.07) is 12.0. The first-order chi connectivity index (χ1) is 10.8. The lowest BCUT2D eigenvalue weighted by Crippen LogP contribution is -2.06. The average Bonchev–Trinajstić information content (AvgIpc) is 2.95. The van der Waals surface area contributed by atoms with Gasteiger partial charge in [-0.05, 0) is 30.5 Å². The number of hydrogen-bond acceptors (Lipinski definition) is 3. The Morgan fingerprint density at radius 3 is 2.64 bits per heavy atom. The molecule has 3 rings (SSSR count). The molecule has 1 aromatic heterocycles. The number of aryl methyl sites for hydroxylation is 1. The van der Waals surface area contributed by atoms with Crippen molar-refractivity contribution < 1.29 is 0 Å². The summed E-state index contributed by atoms with van der Waals surface area (Å²) < 4.78 is 1.94. The van der Waals surface area contributed by atoms with Crippen LogP contribution in [0.1, 0.15) is 54.8 Å². The minimum atomic E-state index is 0.630. The number of anilines is 1. The molecule has 0 radical (unpaired) electrons. The van der Waals surface area contributed by atoms with Gasteiger partial charge < -0.3 is 5.32 Å². The number of rotatable bonds is 4. The van der Waals surface area contributed by atoms with E-state index in [1.807, 2.05) is 36.0 Å². The number of nitrogens with one attached hydrogen (secondary N) is 1. The van der Waals surface area contributed by atoms with E-state index in [1.165, 1.54) is 43.4 Å². The molecule has 0 saturated heterocycles. The molecule has 0 spiro atoms. The van der Waals surface area contributed by atoms with E-state index in [1.54, 1.807) is 0 Å². The van der Waals surface area contributed by atoms with Gasteiger partial charge in [-0.25, -0.2) is 0 Å². The van der Waals surface area contributed by atoms with Gasteiger partial charge in [0.05, 0.1) is 17.3 Å². The number of benzene rings is 1. The third-order valence-corrected chi connectivity index (χ3v) is 4.48. The van der Waals surface area contributed by atoms with Gasteiger partial charge in [-0.15, -0.1) is 0 Å². The van der Waals surface area contributed by atoms with Gasteiger partial charge in [0.1, 0.15) is 5.82 Å². The fourth-order valence-corrected chi connectivity index (χ4v) is 3.14. The fourth-order valence-electron chi connectivity index (χ4n) is 3.14. The summed E-state index contributed by atoms with van der Waals surface area (Å²) in [7, 11) is 1.99. The molecule has 0 unspecified atom stereocenters. The third kappa shape index (κ3) is 3.30. The maximum absolute atomic E-state index is 8.82. The lowest BCUT2D eigenvalue weighted by atomic mass is 9.87. The molecule has 1 aliphatic rings. The molecule has 4 heteroatoms. The van der Waals surface area contributed by atoms with Crippen LogP contribution < -0.4 is 5.32 Å². The minimum absolute atomic E-state index is 0.630. The molecule has 0 atom stereocenters. The Morgan fingerprint density at radius 2 is 1.95 bits per heavy atom. The van der Waals surface area contributed by atoms with Crippen LogP contribution in [0, 0.1) is 11.3 Å². The molecule has 1 heterocycles. The summed E-state index contributed by atoms with van der Waals surface area (Å²) in [6.45, 7) is 0.745. The van der Waals surface area contributed by atoms with Crippen LogP contribution in [0.2, 0.25) is 0 Å². The van der Waals surface area contributed by atoms with Gasteiger partial charge >= 0.3 is 0 Å². The second kappa shape index (κ2) is 6.65. The lowest BCUT2D eigenvalue weighted by Gasteiger charge is -2.19. The number of nitrogens with zero attached hydrogens (tertiary/aromatic N) is 3. The first-order valence-corrected chi connectivity index (χ1v) is 8.03. The van der Waals surface area contributed by atoms with Crippen LogP contribution in [-0.2, 0) is 13.6 Å². The van der Waals surface area contributed by atoms with Crippen molar-refractivity contribution in [1.29, 1.82) is 5.26 Å². The predicted octanol–water partition coefficient (Wildman–Crippen LogP) is 3.95. The Morgan fingerprint density at radius 1 is 1.23 bits per heavy atom. The van der Waals surface area contributed by atoms with Crippen LogP contribution in [-0.4, -0.2) is 9.78 Å². The van der Waals surface area contributed by atoms with Crippen molar-refractivity contribution >= 4 is 5.82 Å². The fraction of sp³-hybridized carbons (Fsp3) is 0.444. The molecule has 2 aromatic rings. The van der Waals surface area contributed by atoms with Crippen LogP contribution >= 0.6 is 0 Å². The van der Waals surface area contributed by atoms with E-state index in [4.69, 9.17) is 5.26 Å². The van der Waals surface area contributed by atoms with Crippen molar-refractivity contribution in [2.75, 3.05) is 5.32 Å². The first kappa shape index (κ1) is 14.6. The Balaban J connectivity index is 1.64. The standard InChI is InChI=1S/C18H22N4/c1-22-18(11-17(21-22)16-5-3-2-4-6-16)20-13-15-9-7-14(12-19)8-10-15/h7-11,16,20H,2-6,13H2,1H3. The third-order valence-electron chi connectivity index (χ3n) is 4.48. The molecular formula is C18H22N4. The van der Waals surface area contributed by atoms with E-state index >= 15 is 0 Å². The monoisotopic (exact) mass is 294 g/mol. The van der Waals surface area contributed by atoms with E-state index in [9.17, 15) is 0 Å². The predicted molar refractivity (Wildman–Crippen MR) is 87.5 cm³/mol. The summed E-state index contributed by atoms with van der Waals surface area (Å²) in [4.78, 5) is 0. The van der Waals surface area contributed by atoms with Crippen molar-refractivity contribution in [3.8, 4) is 6.07 Å². The molecule has 1 aliphatic carbocycles. The van der Waals surface area contributed by atoms with Gasteiger partial charge in [0.25, 0.3) is 0 Å². The molecular weight excluding hydrogens is 272 g/mol. The van der Waals surface area contributed by atoms with Gasteiger partial charge in [0.2, 0.25) is 0 Å². The van der Waals surface area contributed by atoms with Gasteiger partial charge in [0.15, 0.2) is 0 Å². The van der Waals surface area contributed by atoms with E-state index in [-0.39, 0.29) is 0 Å². The van der Waals surface area contributed by atoms with Crippen molar-refractivity contribution in [2.24, 2.45) is 7.05 Å². The highest BCUT2D eigenvalue weighted by molar-refractivity contribution is 5.40. The summed E-state index contributed by atoms with van der Waals surface area (Å²) in [5.41, 5.74) is 3.09. The van der Waals surface area contributed by atoms with Crippen LogP contribution in [0.3, 0.4) is 0 Å². The summed E-state index contributed by atoms with van der Waals surface area (Å²) in [5.74, 6) is 1.69. The summed E-state index contributed by atoms with van der Waals surface area (Å²) in [5, 5.41) is 17.0. The largest absolute Gasteiger partial charge is 0.366 e. The average molecular weight is 294 g/mol. The highest BCUT2D eigenvalue weighted by atomic mass is 15.3. The van der Waals surface area contributed by atoms with Crippen LogP contribution in [0.5, 0.6) is 0 Å². The highest BCUT2D eigenvalue weighted by Gasteiger charge is 2.19. The quantitative estimate of drug-likeness (QED) is 0.929. The van der Waals surface area contributed by atoms with Crippen LogP contribution in [0.4, 0.5) is 5.82 Å². The second-order valence-corrected chi connectivity index (χ2v) is 6.08. The minimum Gasteiger partial charge on any atom is -0.366 e. The van der Waals surface area contributed by atoms with Gasteiger partial charge in [-0.1, -0.05) is 31.4 Å². The van der Waals surface area contributed by atoms with Crippen molar-refractivity contribution in [3.63, 3.8) is 0 Å². The number of hydrogen-bond donors (Lipinski definition) is 1. The summed E-state index contributed by atoms with van der Waals surface area (Å²) >= 11 is 0. The normalized spacial score (nSPS) is 15.5. The smallest absolute Gasteiger partial charge is 0.124 e. The van der Waals surface area contributed by atoms with Crippen LogP contribution in [0.25, 0.3) is 0 Å². The molecule has 0 amide bonds. The molecule has 22 heavy (non-hydrogen) atoms. The Labute approximate surface area is 131 Å². The maximum Gasteiger partial charge on any atom is 0.124 e. The van der Waals surface area contributed by atoms with Gasteiger partial charge in [-0.3, -0.25) is 4.68 Å².